The van der Waals surface area contributed by atoms with Gasteiger partial charge in [0, 0.05) is 0 Å². The van der Waals surface area contributed by atoms with Gasteiger partial charge >= 0.3 is 0 Å². The van der Waals surface area contributed by atoms with Crippen LogP contribution >= 0.6 is 0 Å². The minimum Gasteiger partial charge on any atom is -0.237 e. The molecule has 0 aliphatic rings. The lowest BCUT2D eigenvalue weighted by molar-refractivity contribution is 0.587. The van der Waals surface area contributed by atoms with E-state index >= 15 is 0 Å². The Hall–Kier alpha value is -0.550. The monoisotopic (exact) mass is 125 g/mol. The van der Waals surface area contributed by atoms with Crippen LogP contribution in [0.4, 0.5) is 0 Å². The van der Waals surface area contributed by atoms with Crippen LogP contribution in [0.25, 0.3) is 0 Å². The quantitative estimate of drug-likeness (QED) is 0.441. The first-order chi connectivity index (χ1) is 3.92. The van der Waals surface area contributed by atoms with E-state index < -0.39 is 0 Å². The van der Waals surface area contributed by atoms with Gasteiger partial charge in [0.05, 0.1) is 5.54 Å². The highest BCUT2D eigenvalue weighted by Crippen LogP contribution is 2.03. The van der Waals surface area contributed by atoms with Crippen molar-refractivity contribution < 1.29 is 0 Å². The summed E-state index contributed by atoms with van der Waals surface area (Å²) < 4.78 is 0. The summed E-state index contributed by atoms with van der Waals surface area (Å²) in [6.45, 7) is 10.2. The van der Waals surface area contributed by atoms with Crippen LogP contribution in [-0.4, -0.2) is 11.4 Å². The molecule has 0 bridgehead atoms. The number of allylic oxidation sites excluding steroid dienone is 1. The third-order valence-corrected chi connectivity index (χ3v) is 0.615. The molecule has 0 atom stereocenters. The standard InChI is InChI=1S/C8H15N/c1-7(2)6-9-8(3,4)5/h1-5H3. The average Bonchev–Trinajstić information content (AvgIpc) is 1.59. The second kappa shape index (κ2) is 2.84. The lowest BCUT2D eigenvalue weighted by Crippen LogP contribution is -2.08. The Bertz CT molecular complexity index is 138. The van der Waals surface area contributed by atoms with Crippen LogP contribution in [0.15, 0.2) is 10.6 Å². The molecule has 0 aromatic rings. The summed E-state index contributed by atoms with van der Waals surface area (Å²) in [7, 11) is 0. The molecule has 1 nitrogen and oxygen atoms in total. The molecule has 0 heterocycles. The van der Waals surface area contributed by atoms with E-state index in [-0.39, 0.29) is 5.54 Å². The molecular weight excluding hydrogens is 110 g/mol. The van der Waals surface area contributed by atoms with Gasteiger partial charge in [-0.15, -0.1) is 0 Å². The Kier molecular flexibility index (Phi) is 2.66. The highest BCUT2D eigenvalue weighted by Gasteiger charge is 2.03. The summed E-state index contributed by atoms with van der Waals surface area (Å²) in [4.78, 5) is 4.17. The molecule has 52 valence electrons. The number of rotatable bonds is 0. The predicted molar refractivity (Wildman–Crippen MR) is 42.0 cm³/mol. The van der Waals surface area contributed by atoms with Gasteiger partial charge in [0.15, 0.2) is 0 Å². The summed E-state index contributed by atoms with van der Waals surface area (Å²) in [6.07, 6.45) is 0. The zero-order valence-electron chi connectivity index (χ0n) is 6.95. The molecule has 0 aliphatic carbocycles. The molecule has 0 saturated heterocycles. The van der Waals surface area contributed by atoms with E-state index in [9.17, 15) is 0 Å². The Morgan fingerprint density at radius 1 is 1.22 bits per heavy atom. The van der Waals surface area contributed by atoms with Crippen LogP contribution in [0.5, 0.6) is 0 Å². The van der Waals surface area contributed by atoms with E-state index in [0.717, 1.165) is 5.57 Å². The van der Waals surface area contributed by atoms with E-state index in [1.807, 2.05) is 13.8 Å². The van der Waals surface area contributed by atoms with Crippen molar-refractivity contribution in [3.8, 4) is 0 Å². The van der Waals surface area contributed by atoms with E-state index in [1.54, 1.807) is 0 Å². The molecule has 0 unspecified atom stereocenters. The van der Waals surface area contributed by atoms with Crippen molar-refractivity contribution in [3.63, 3.8) is 0 Å². The molecule has 0 spiro atoms. The summed E-state index contributed by atoms with van der Waals surface area (Å²) in [5, 5.41) is 0. The van der Waals surface area contributed by atoms with Crippen molar-refractivity contribution in [2.45, 2.75) is 40.2 Å². The smallest absolute Gasteiger partial charge is 0.0618 e. The lowest BCUT2D eigenvalue weighted by Gasteiger charge is -2.07. The van der Waals surface area contributed by atoms with Gasteiger partial charge < -0.3 is 0 Å². The van der Waals surface area contributed by atoms with E-state index in [0.29, 0.717) is 0 Å². The number of nitrogens with zero attached hydrogens (tertiary/aromatic N) is 1. The molecule has 0 fully saturated rings. The molecule has 0 saturated carbocycles. The van der Waals surface area contributed by atoms with Crippen LogP contribution in [0, 0.1) is 0 Å². The summed E-state index contributed by atoms with van der Waals surface area (Å²) in [5.41, 5.74) is 1.15. The highest BCUT2D eigenvalue weighted by atomic mass is 14.8. The van der Waals surface area contributed by atoms with Crippen LogP contribution < -0.4 is 0 Å². The fourth-order valence-electron chi connectivity index (χ4n) is 0.280. The number of hydrogen-bond donors (Lipinski definition) is 0. The molecule has 1 heteroatoms. The maximum absolute atomic E-state index is 4.17. The van der Waals surface area contributed by atoms with E-state index in [4.69, 9.17) is 0 Å². The zero-order valence-corrected chi connectivity index (χ0v) is 6.95. The second-order valence-corrected chi connectivity index (χ2v) is 3.39. The van der Waals surface area contributed by atoms with E-state index in [1.165, 1.54) is 0 Å². The van der Waals surface area contributed by atoms with Gasteiger partial charge in [0.2, 0.25) is 0 Å². The van der Waals surface area contributed by atoms with Gasteiger partial charge in [-0.05, 0) is 46.1 Å². The first-order valence-corrected chi connectivity index (χ1v) is 3.20. The summed E-state index contributed by atoms with van der Waals surface area (Å²) in [5.74, 6) is 2.93. The Morgan fingerprint density at radius 3 is 1.78 bits per heavy atom. The summed E-state index contributed by atoms with van der Waals surface area (Å²) >= 11 is 0. The van der Waals surface area contributed by atoms with Crippen LogP contribution in [0.1, 0.15) is 34.6 Å². The first kappa shape index (κ1) is 8.45. The molecule has 0 aromatic heterocycles. The Morgan fingerprint density at radius 2 is 1.67 bits per heavy atom. The Balaban J connectivity index is 4.17. The van der Waals surface area contributed by atoms with Crippen molar-refractivity contribution in [1.82, 2.24) is 0 Å². The van der Waals surface area contributed by atoms with E-state index in [2.05, 4.69) is 31.6 Å². The van der Waals surface area contributed by atoms with Gasteiger partial charge in [-0.3, -0.25) is 0 Å². The minimum atomic E-state index is 0.0251. The van der Waals surface area contributed by atoms with Crippen molar-refractivity contribution >= 4 is 5.87 Å². The third-order valence-electron chi connectivity index (χ3n) is 0.615. The predicted octanol–water partition coefficient (Wildman–Crippen LogP) is 2.42. The molecule has 0 radical (unpaired) electrons. The highest BCUT2D eigenvalue weighted by molar-refractivity contribution is 5.56. The third kappa shape index (κ3) is 7.45. The molecular formula is C8H15N. The minimum absolute atomic E-state index is 0.0251. The van der Waals surface area contributed by atoms with Crippen molar-refractivity contribution in [1.29, 1.82) is 0 Å². The molecule has 0 amide bonds. The molecule has 9 heavy (non-hydrogen) atoms. The lowest BCUT2D eigenvalue weighted by atomic mass is 10.1. The van der Waals surface area contributed by atoms with Gasteiger partial charge in [0.25, 0.3) is 0 Å². The SMILES string of the molecule is CC(C)=C=NC(C)(C)C. The van der Waals surface area contributed by atoms with Crippen LogP contribution in [0.3, 0.4) is 0 Å². The zero-order chi connectivity index (χ0) is 7.49. The average molecular weight is 125 g/mol. The molecule has 0 rings (SSSR count). The van der Waals surface area contributed by atoms with Gasteiger partial charge in [-0.1, -0.05) is 0 Å². The fraction of sp³-hybridized carbons (Fsp3) is 0.750. The fourth-order valence-corrected chi connectivity index (χ4v) is 0.280. The van der Waals surface area contributed by atoms with Crippen molar-refractivity contribution in [2.75, 3.05) is 0 Å². The van der Waals surface area contributed by atoms with Crippen LogP contribution in [-0.2, 0) is 0 Å². The van der Waals surface area contributed by atoms with Crippen molar-refractivity contribution in [3.05, 3.63) is 5.57 Å². The Labute approximate surface area is 57.5 Å². The second-order valence-electron chi connectivity index (χ2n) is 3.39. The van der Waals surface area contributed by atoms with Gasteiger partial charge in [-0.25, -0.2) is 4.99 Å². The molecule has 0 aliphatic heterocycles. The largest absolute Gasteiger partial charge is 0.237 e. The number of hydrogen-bond acceptors (Lipinski definition) is 1. The maximum atomic E-state index is 4.17. The van der Waals surface area contributed by atoms with Crippen LogP contribution in [0.2, 0.25) is 0 Å². The number of aliphatic imine (C=N–C) groups is 1. The van der Waals surface area contributed by atoms with Crippen molar-refractivity contribution in [2.24, 2.45) is 4.99 Å². The molecule has 0 N–H and O–H groups in total. The van der Waals surface area contributed by atoms with Gasteiger partial charge in [-0.2, -0.15) is 0 Å². The first-order valence-electron chi connectivity index (χ1n) is 3.20. The topological polar surface area (TPSA) is 12.4 Å². The normalized spacial score (nSPS) is 10.3. The van der Waals surface area contributed by atoms with Gasteiger partial charge in [0.1, 0.15) is 0 Å². The molecule has 0 aromatic carbocycles. The maximum Gasteiger partial charge on any atom is 0.0618 e. The summed E-state index contributed by atoms with van der Waals surface area (Å²) in [6, 6.07) is 0.